The Morgan fingerprint density at radius 2 is 2.00 bits per heavy atom. The van der Waals surface area contributed by atoms with Crippen LogP contribution in [0.25, 0.3) is 0 Å². The van der Waals surface area contributed by atoms with Crippen molar-refractivity contribution < 1.29 is 22.3 Å². The molecule has 1 aromatic carbocycles. The molecule has 0 bridgehead atoms. The van der Waals surface area contributed by atoms with Crippen LogP contribution in [-0.4, -0.2) is 67.5 Å². The zero-order valence-electron chi connectivity index (χ0n) is 16.4. The third-order valence-electron chi connectivity index (χ3n) is 5.36. The minimum Gasteiger partial charge on any atom is -0.379 e. The SMILES string of the molecule is CC[C@@H]1CCCCN1C(=S)NC(=O)c1ccc(F)c(S(=O)(=O)N2CCOCC2)c1. The quantitative estimate of drug-likeness (QED) is 0.719. The number of sulfonamides is 1. The Bertz CT molecular complexity index is 872. The van der Waals surface area contributed by atoms with E-state index >= 15 is 0 Å². The van der Waals surface area contributed by atoms with Crippen LogP contribution in [0.15, 0.2) is 23.1 Å². The number of hydrogen-bond acceptors (Lipinski definition) is 5. The first-order valence-electron chi connectivity index (χ1n) is 9.84. The maximum absolute atomic E-state index is 14.3. The van der Waals surface area contributed by atoms with Crippen LogP contribution in [0.4, 0.5) is 4.39 Å². The van der Waals surface area contributed by atoms with Crippen LogP contribution in [0.1, 0.15) is 43.0 Å². The van der Waals surface area contributed by atoms with Gasteiger partial charge in [-0.3, -0.25) is 10.1 Å². The van der Waals surface area contributed by atoms with E-state index < -0.39 is 26.6 Å². The zero-order chi connectivity index (χ0) is 21.0. The third-order valence-corrected chi connectivity index (χ3v) is 7.61. The Kier molecular flexibility index (Phi) is 7.20. The van der Waals surface area contributed by atoms with Gasteiger partial charge in [0, 0.05) is 31.2 Å². The second kappa shape index (κ2) is 9.46. The Morgan fingerprint density at radius 3 is 2.69 bits per heavy atom. The molecule has 1 aromatic rings. The first kappa shape index (κ1) is 22.1. The number of rotatable bonds is 4. The predicted octanol–water partition coefficient (Wildman–Crippen LogP) is 2.13. The van der Waals surface area contributed by atoms with Crippen molar-refractivity contribution in [1.29, 1.82) is 0 Å². The minimum atomic E-state index is -4.06. The highest BCUT2D eigenvalue weighted by Gasteiger charge is 2.30. The highest BCUT2D eigenvalue weighted by atomic mass is 32.2. The van der Waals surface area contributed by atoms with Gasteiger partial charge in [0.2, 0.25) is 10.0 Å². The average Bonchev–Trinajstić information content (AvgIpc) is 2.74. The molecule has 3 rings (SSSR count). The number of ether oxygens (including phenoxy) is 1. The number of piperidine rings is 1. The van der Waals surface area contributed by atoms with Crippen LogP contribution in [0.2, 0.25) is 0 Å². The number of morpholine rings is 1. The van der Waals surface area contributed by atoms with E-state index in [1.807, 2.05) is 4.90 Å². The first-order chi connectivity index (χ1) is 13.8. The van der Waals surface area contributed by atoms with E-state index in [0.717, 1.165) is 44.4 Å². The molecule has 2 heterocycles. The van der Waals surface area contributed by atoms with Crippen molar-refractivity contribution in [2.75, 3.05) is 32.8 Å². The van der Waals surface area contributed by atoms with Crippen LogP contribution in [0.3, 0.4) is 0 Å². The molecule has 1 amide bonds. The van der Waals surface area contributed by atoms with Crippen molar-refractivity contribution in [2.24, 2.45) is 0 Å². The number of hydrogen-bond donors (Lipinski definition) is 1. The summed E-state index contributed by atoms with van der Waals surface area (Å²) in [5, 5.41) is 3.00. The second-order valence-corrected chi connectivity index (χ2v) is 9.47. The summed E-state index contributed by atoms with van der Waals surface area (Å²) in [6.45, 7) is 3.66. The van der Waals surface area contributed by atoms with Crippen molar-refractivity contribution in [2.45, 2.75) is 43.5 Å². The van der Waals surface area contributed by atoms with Gasteiger partial charge in [0.15, 0.2) is 5.11 Å². The molecule has 0 spiro atoms. The first-order valence-corrected chi connectivity index (χ1v) is 11.7. The van der Waals surface area contributed by atoms with E-state index in [4.69, 9.17) is 17.0 Å². The molecule has 0 radical (unpaired) electrons. The number of amides is 1. The average molecular weight is 444 g/mol. The molecule has 0 saturated carbocycles. The summed E-state index contributed by atoms with van der Waals surface area (Å²) in [6, 6.07) is 3.62. The lowest BCUT2D eigenvalue weighted by atomic mass is 10.0. The van der Waals surface area contributed by atoms with Crippen molar-refractivity contribution in [3.63, 3.8) is 0 Å². The van der Waals surface area contributed by atoms with E-state index in [0.29, 0.717) is 5.11 Å². The molecular formula is C19H26FN3O4S2. The molecule has 0 aliphatic carbocycles. The molecule has 7 nitrogen and oxygen atoms in total. The molecule has 10 heteroatoms. The molecular weight excluding hydrogens is 417 g/mol. The molecule has 2 fully saturated rings. The fourth-order valence-corrected chi connectivity index (χ4v) is 5.53. The highest BCUT2D eigenvalue weighted by Crippen LogP contribution is 2.23. The lowest BCUT2D eigenvalue weighted by molar-refractivity contribution is 0.0729. The normalized spacial score (nSPS) is 21.0. The van der Waals surface area contributed by atoms with Crippen LogP contribution in [-0.2, 0) is 14.8 Å². The summed E-state index contributed by atoms with van der Waals surface area (Å²) in [6.07, 6.45) is 4.08. The fourth-order valence-electron chi connectivity index (χ4n) is 3.70. The van der Waals surface area contributed by atoms with Gasteiger partial charge in [-0.2, -0.15) is 4.31 Å². The van der Waals surface area contributed by atoms with Crippen molar-refractivity contribution >= 4 is 33.3 Å². The Hall–Kier alpha value is -1.62. The zero-order valence-corrected chi connectivity index (χ0v) is 18.0. The summed E-state index contributed by atoms with van der Waals surface area (Å²) in [5.41, 5.74) is 0.0469. The number of nitrogens with zero attached hydrogens (tertiary/aromatic N) is 2. The van der Waals surface area contributed by atoms with E-state index in [-0.39, 0.29) is 37.9 Å². The van der Waals surface area contributed by atoms with Gasteiger partial charge in [0.25, 0.3) is 5.91 Å². The lowest BCUT2D eigenvalue weighted by Crippen LogP contribution is -2.49. The van der Waals surface area contributed by atoms with Gasteiger partial charge in [0.1, 0.15) is 10.7 Å². The molecule has 0 unspecified atom stereocenters. The summed E-state index contributed by atoms with van der Waals surface area (Å²) < 4.78 is 46.3. The largest absolute Gasteiger partial charge is 0.379 e. The Balaban J connectivity index is 1.78. The van der Waals surface area contributed by atoms with Crippen LogP contribution >= 0.6 is 12.2 Å². The van der Waals surface area contributed by atoms with Gasteiger partial charge in [0.05, 0.1) is 13.2 Å². The second-order valence-electron chi connectivity index (χ2n) is 7.17. The third kappa shape index (κ3) is 4.93. The number of halogens is 1. The highest BCUT2D eigenvalue weighted by molar-refractivity contribution is 7.89. The van der Waals surface area contributed by atoms with Gasteiger partial charge in [-0.25, -0.2) is 12.8 Å². The predicted molar refractivity (Wildman–Crippen MR) is 111 cm³/mol. The molecule has 2 aliphatic rings. The van der Waals surface area contributed by atoms with Crippen LogP contribution < -0.4 is 5.32 Å². The lowest BCUT2D eigenvalue weighted by Gasteiger charge is -2.37. The topological polar surface area (TPSA) is 79.0 Å². The number of benzene rings is 1. The Labute approximate surface area is 176 Å². The fraction of sp³-hybridized carbons (Fsp3) is 0.579. The number of thiocarbonyl (C=S) groups is 1. The molecule has 29 heavy (non-hydrogen) atoms. The van der Waals surface area contributed by atoms with Crippen molar-refractivity contribution in [3.8, 4) is 0 Å². The summed E-state index contributed by atoms with van der Waals surface area (Å²) >= 11 is 5.41. The molecule has 1 atom stereocenters. The minimum absolute atomic E-state index is 0.0469. The van der Waals surface area contributed by atoms with Gasteiger partial charge >= 0.3 is 0 Å². The number of carbonyl (C=O) groups is 1. The maximum atomic E-state index is 14.3. The van der Waals surface area contributed by atoms with Crippen LogP contribution in [0, 0.1) is 5.82 Å². The van der Waals surface area contributed by atoms with E-state index in [1.165, 1.54) is 10.4 Å². The molecule has 160 valence electrons. The van der Waals surface area contributed by atoms with E-state index in [2.05, 4.69) is 12.2 Å². The van der Waals surface area contributed by atoms with Gasteiger partial charge in [-0.15, -0.1) is 0 Å². The Morgan fingerprint density at radius 1 is 1.28 bits per heavy atom. The number of carbonyl (C=O) groups excluding carboxylic acids is 1. The smallest absolute Gasteiger partial charge is 0.257 e. The molecule has 2 aliphatic heterocycles. The maximum Gasteiger partial charge on any atom is 0.257 e. The van der Waals surface area contributed by atoms with E-state index in [1.54, 1.807) is 0 Å². The van der Waals surface area contributed by atoms with Crippen LogP contribution in [0.5, 0.6) is 0 Å². The molecule has 2 saturated heterocycles. The van der Waals surface area contributed by atoms with Gasteiger partial charge in [-0.05, 0) is 56.1 Å². The standard InChI is InChI=1S/C19H26FN3O4S2/c1-2-15-5-3-4-8-23(15)19(28)21-18(24)14-6-7-16(20)17(13-14)29(25,26)22-9-11-27-12-10-22/h6-7,13,15H,2-5,8-12H2,1H3,(H,21,24,28)/t15-/m1/s1. The molecule has 0 aromatic heterocycles. The molecule has 1 N–H and O–H groups in total. The van der Waals surface area contributed by atoms with Gasteiger partial charge < -0.3 is 9.64 Å². The summed E-state index contributed by atoms with van der Waals surface area (Å²) in [4.78, 5) is 14.2. The van der Waals surface area contributed by atoms with Crippen molar-refractivity contribution in [3.05, 3.63) is 29.6 Å². The summed E-state index contributed by atoms with van der Waals surface area (Å²) in [5.74, 6) is -1.44. The monoisotopic (exact) mass is 443 g/mol. The number of nitrogens with one attached hydrogen (secondary N) is 1. The van der Waals surface area contributed by atoms with Crippen molar-refractivity contribution in [1.82, 2.24) is 14.5 Å². The van der Waals surface area contributed by atoms with Gasteiger partial charge in [-0.1, -0.05) is 6.92 Å². The number of likely N-dealkylation sites (tertiary alicyclic amines) is 1. The van der Waals surface area contributed by atoms with E-state index in [9.17, 15) is 17.6 Å². The summed E-state index contributed by atoms with van der Waals surface area (Å²) in [7, 11) is -4.06.